The van der Waals surface area contributed by atoms with Gasteiger partial charge < -0.3 is 5.73 Å². The van der Waals surface area contributed by atoms with Gasteiger partial charge in [-0.3, -0.25) is 29.3 Å². The first-order chi connectivity index (χ1) is 10.5. The van der Waals surface area contributed by atoms with Crippen LogP contribution in [0.4, 0.5) is 11.5 Å². The third-order valence-electron chi connectivity index (χ3n) is 3.52. The summed E-state index contributed by atoms with van der Waals surface area (Å²) in [6.45, 7) is 0. The molecule has 4 N–H and O–H groups in total. The Bertz CT molecular complexity index is 868. The van der Waals surface area contributed by atoms with Gasteiger partial charge in [0.2, 0.25) is 11.8 Å². The Morgan fingerprint density at radius 2 is 1.73 bits per heavy atom. The van der Waals surface area contributed by atoms with Gasteiger partial charge in [-0.1, -0.05) is 18.2 Å². The topological polar surface area (TPSA) is 129 Å². The van der Waals surface area contributed by atoms with E-state index in [1.54, 1.807) is 30.3 Å². The predicted molar refractivity (Wildman–Crippen MR) is 78.4 cm³/mol. The zero-order chi connectivity index (χ0) is 15.9. The number of nitrogen functional groups attached to an aromatic ring is 1. The fraction of sp³-hybridized carbons (Fsp3) is 0.143. The fourth-order valence-electron chi connectivity index (χ4n) is 2.57. The maximum absolute atomic E-state index is 12.5. The molecular formula is C14H12N4O4. The Balaban J connectivity index is 2.06. The summed E-state index contributed by atoms with van der Waals surface area (Å²) >= 11 is 0. The summed E-state index contributed by atoms with van der Waals surface area (Å²) in [6, 6.07) is 8.41. The van der Waals surface area contributed by atoms with Crippen LogP contribution >= 0.6 is 0 Å². The Morgan fingerprint density at radius 1 is 1.05 bits per heavy atom. The average Bonchev–Trinajstić information content (AvgIpc) is 2.74. The monoisotopic (exact) mass is 300 g/mol. The van der Waals surface area contributed by atoms with Crippen molar-refractivity contribution in [1.29, 1.82) is 0 Å². The second kappa shape index (κ2) is 4.99. The molecular weight excluding hydrogens is 288 g/mol. The SMILES string of the molecule is Nc1[nH]c(=O)[nH]c(=O)c1C1CC(=O)N(c2ccccc2)C1=O. The number of amides is 2. The second-order valence-corrected chi connectivity index (χ2v) is 4.90. The van der Waals surface area contributed by atoms with E-state index in [-0.39, 0.29) is 17.8 Å². The van der Waals surface area contributed by atoms with E-state index in [4.69, 9.17) is 5.73 Å². The van der Waals surface area contributed by atoms with E-state index in [1.165, 1.54) is 0 Å². The van der Waals surface area contributed by atoms with Crippen LogP contribution in [0, 0.1) is 0 Å². The summed E-state index contributed by atoms with van der Waals surface area (Å²) in [6.07, 6.45) is -0.174. The van der Waals surface area contributed by atoms with Gasteiger partial charge in [0.05, 0.1) is 17.2 Å². The lowest BCUT2D eigenvalue weighted by atomic mass is 9.99. The van der Waals surface area contributed by atoms with Gasteiger partial charge >= 0.3 is 5.69 Å². The molecule has 112 valence electrons. The molecule has 0 spiro atoms. The second-order valence-electron chi connectivity index (χ2n) is 4.90. The molecule has 1 saturated heterocycles. The van der Waals surface area contributed by atoms with Gasteiger partial charge in [0.25, 0.3) is 5.56 Å². The highest BCUT2D eigenvalue weighted by atomic mass is 16.2. The lowest BCUT2D eigenvalue weighted by Crippen LogP contribution is -2.33. The summed E-state index contributed by atoms with van der Waals surface area (Å²) in [7, 11) is 0. The number of aromatic amines is 2. The molecule has 1 aromatic carbocycles. The van der Waals surface area contributed by atoms with Gasteiger partial charge in [-0.05, 0) is 12.1 Å². The highest BCUT2D eigenvalue weighted by molar-refractivity contribution is 6.22. The number of nitrogens with two attached hydrogens (primary N) is 1. The van der Waals surface area contributed by atoms with E-state index < -0.39 is 29.0 Å². The lowest BCUT2D eigenvalue weighted by molar-refractivity contribution is -0.121. The van der Waals surface area contributed by atoms with Crippen molar-refractivity contribution in [2.24, 2.45) is 0 Å². The van der Waals surface area contributed by atoms with Crippen molar-refractivity contribution in [1.82, 2.24) is 9.97 Å². The summed E-state index contributed by atoms with van der Waals surface area (Å²) in [4.78, 5) is 53.0. The van der Waals surface area contributed by atoms with E-state index >= 15 is 0 Å². The molecule has 1 fully saturated rings. The van der Waals surface area contributed by atoms with Crippen molar-refractivity contribution >= 4 is 23.3 Å². The van der Waals surface area contributed by atoms with E-state index in [9.17, 15) is 19.2 Å². The first kappa shape index (κ1) is 13.8. The minimum Gasteiger partial charge on any atom is -0.385 e. The molecule has 3 rings (SSSR count). The highest BCUT2D eigenvalue weighted by Crippen LogP contribution is 2.32. The number of hydrogen-bond donors (Lipinski definition) is 3. The van der Waals surface area contributed by atoms with E-state index in [2.05, 4.69) is 4.98 Å². The molecule has 1 aliphatic heterocycles. The van der Waals surface area contributed by atoms with Crippen molar-refractivity contribution in [3.63, 3.8) is 0 Å². The summed E-state index contributed by atoms with van der Waals surface area (Å²) in [5, 5.41) is 0. The largest absolute Gasteiger partial charge is 0.385 e. The number of rotatable bonds is 2. The van der Waals surface area contributed by atoms with Crippen LogP contribution in [-0.4, -0.2) is 21.8 Å². The number of carbonyl (C=O) groups is 2. The Hall–Kier alpha value is -3.16. The number of carbonyl (C=O) groups excluding carboxylic acids is 2. The van der Waals surface area contributed by atoms with Crippen LogP contribution in [0.15, 0.2) is 39.9 Å². The maximum atomic E-state index is 12.5. The molecule has 8 heteroatoms. The summed E-state index contributed by atoms with van der Waals surface area (Å²) < 4.78 is 0. The average molecular weight is 300 g/mol. The quantitative estimate of drug-likeness (QED) is 0.655. The molecule has 1 atom stereocenters. The van der Waals surface area contributed by atoms with Crippen molar-refractivity contribution in [2.45, 2.75) is 12.3 Å². The molecule has 2 aromatic rings. The number of aromatic nitrogens is 2. The van der Waals surface area contributed by atoms with Gasteiger partial charge in [-0.2, -0.15) is 0 Å². The molecule has 0 saturated carbocycles. The lowest BCUT2D eigenvalue weighted by Gasteiger charge is -2.15. The van der Waals surface area contributed by atoms with Crippen LogP contribution in [0.2, 0.25) is 0 Å². The molecule has 22 heavy (non-hydrogen) atoms. The molecule has 1 aromatic heterocycles. The Morgan fingerprint density at radius 3 is 2.36 bits per heavy atom. The van der Waals surface area contributed by atoms with Gasteiger partial charge in [0.15, 0.2) is 0 Å². The van der Waals surface area contributed by atoms with Crippen molar-refractivity contribution in [2.75, 3.05) is 10.6 Å². The van der Waals surface area contributed by atoms with Gasteiger partial charge in [0.1, 0.15) is 5.82 Å². The highest BCUT2D eigenvalue weighted by Gasteiger charge is 2.42. The normalized spacial score (nSPS) is 18.0. The molecule has 8 nitrogen and oxygen atoms in total. The number of anilines is 2. The van der Waals surface area contributed by atoms with Crippen LogP contribution in [0.5, 0.6) is 0 Å². The van der Waals surface area contributed by atoms with Crippen molar-refractivity contribution < 1.29 is 9.59 Å². The number of para-hydroxylation sites is 1. The van der Waals surface area contributed by atoms with Crippen LogP contribution in [0.25, 0.3) is 0 Å². The van der Waals surface area contributed by atoms with Crippen molar-refractivity contribution in [3.05, 3.63) is 56.7 Å². The third kappa shape index (κ3) is 2.10. The third-order valence-corrected chi connectivity index (χ3v) is 3.52. The van der Waals surface area contributed by atoms with E-state index in [0.717, 1.165) is 4.90 Å². The number of imide groups is 1. The molecule has 0 aliphatic carbocycles. The predicted octanol–water partition coefficient (Wildman–Crippen LogP) is -0.308. The van der Waals surface area contributed by atoms with E-state index in [0.29, 0.717) is 5.69 Å². The van der Waals surface area contributed by atoms with Crippen LogP contribution in [-0.2, 0) is 9.59 Å². The first-order valence-corrected chi connectivity index (χ1v) is 6.53. The molecule has 0 bridgehead atoms. The van der Waals surface area contributed by atoms with E-state index in [1.807, 2.05) is 4.98 Å². The zero-order valence-electron chi connectivity index (χ0n) is 11.3. The van der Waals surface area contributed by atoms with Gasteiger partial charge in [0, 0.05) is 6.42 Å². The number of nitrogens with zero attached hydrogens (tertiary/aromatic N) is 1. The zero-order valence-corrected chi connectivity index (χ0v) is 11.3. The molecule has 2 amide bonds. The molecule has 2 heterocycles. The summed E-state index contributed by atoms with van der Waals surface area (Å²) in [5.74, 6) is -2.17. The minimum absolute atomic E-state index is 0.0867. The molecule has 1 aliphatic rings. The van der Waals surface area contributed by atoms with Gasteiger partial charge in [-0.15, -0.1) is 0 Å². The standard InChI is InChI=1S/C14H12N4O4/c15-11-10(12(20)17-14(22)16-11)8-6-9(19)18(13(8)21)7-4-2-1-3-5-7/h1-5,8H,6H2,(H4,15,16,17,20,22). The Kier molecular flexibility index (Phi) is 3.13. The first-order valence-electron chi connectivity index (χ1n) is 6.53. The minimum atomic E-state index is -1.01. The number of hydrogen-bond acceptors (Lipinski definition) is 5. The van der Waals surface area contributed by atoms with Crippen LogP contribution < -0.4 is 21.9 Å². The molecule has 0 radical (unpaired) electrons. The Labute approximate surface area is 123 Å². The summed E-state index contributed by atoms with van der Waals surface area (Å²) in [5.41, 5.74) is 4.46. The number of benzene rings is 1. The maximum Gasteiger partial charge on any atom is 0.327 e. The number of H-pyrrole nitrogens is 2. The number of nitrogens with one attached hydrogen (secondary N) is 2. The van der Waals surface area contributed by atoms with Crippen molar-refractivity contribution in [3.8, 4) is 0 Å². The van der Waals surface area contributed by atoms with Crippen LogP contribution in [0.3, 0.4) is 0 Å². The van der Waals surface area contributed by atoms with Crippen LogP contribution in [0.1, 0.15) is 17.9 Å². The fourth-order valence-corrected chi connectivity index (χ4v) is 2.57. The van der Waals surface area contributed by atoms with Gasteiger partial charge in [-0.25, -0.2) is 4.79 Å². The molecule has 1 unspecified atom stereocenters. The smallest absolute Gasteiger partial charge is 0.327 e.